The number of allylic oxidation sites excluding steroid dienone is 2. The van der Waals surface area contributed by atoms with Gasteiger partial charge in [0.05, 0.1) is 27.2 Å². The number of unbranched alkanes of at least 4 members (excludes halogenated alkanes) is 11. The Morgan fingerprint density at radius 2 is 1.38 bits per heavy atom. The molecule has 238 valence electrons. The van der Waals surface area contributed by atoms with E-state index in [2.05, 4.69) is 19.1 Å². The van der Waals surface area contributed by atoms with Crippen LogP contribution in [0.4, 0.5) is 0 Å². The van der Waals surface area contributed by atoms with Gasteiger partial charge in [-0.05, 0) is 38.5 Å². The molecule has 0 aliphatic heterocycles. The second kappa shape index (κ2) is 23.7. The lowest BCUT2D eigenvalue weighted by molar-refractivity contribution is -0.905. The first-order valence-electron chi connectivity index (χ1n) is 15.6. The Bertz CT molecular complexity index is 701. The fourth-order valence-electron chi connectivity index (χ4n) is 4.67. The van der Waals surface area contributed by atoms with Crippen LogP contribution in [0.2, 0.25) is 0 Å². The molecule has 0 radical (unpaired) electrons. The van der Waals surface area contributed by atoms with Gasteiger partial charge in [0.2, 0.25) is 0 Å². The van der Waals surface area contributed by atoms with Crippen LogP contribution < -0.4 is 4.89 Å². The number of quaternary nitrogens is 1. The van der Waals surface area contributed by atoms with Gasteiger partial charge in [-0.2, -0.15) is 0 Å². The molecular weight excluding hydrogens is 533 g/mol. The van der Waals surface area contributed by atoms with Gasteiger partial charge in [-0.25, -0.2) is 0 Å². The number of rotatable bonds is 27. The van der Waals surface area contributed by atoms with Crippen molar-refractivity contribution in [1.29, 1.82) is 0 Å². The van der Waals surface area contributed by atoms with E-state index in [0.29, 0.717) is 19.3 Å². The second-order valence-electron chi connectivity index (χ2n) is 11.5. The first-order chi connectivity index (χ1) is 19.0. The van der Waals surface area contributed by atoms with Crippen molar-refractivity contribution in [2.75, 3.05) is 33.9 Å². The predicted molar refractivity (Wildman–Crippen MR) is 158 cm³/mol. The molecule has 0 bridgehead atoms. The van der Waals surface area contributed by atoms with Gasteiger partial charge < -0.3 is 38.5 Å². The first-order valence-corrected chi connectivity index (χ1v) is 17.2. The van der Waals surface area contributed by atoms with Crippen LogP contribution in [0.1, 0.15) is 123 Å². The van der Waals surface area contributed by atoms with Crippen LogP contribution in [-0.2, 0) is 18.6 Å². The maximum absolute atomic E-state index is 12.9. The minimum Gasteiger partial charge on any atom is -0.774 e. The van der Waals surface area contributed by atoms with Crippen molar-refractivity contribution in [1.82, 2.24) is 0 Å². The molecule has 9 nitrogen and oxygen atoms in total. The number of carbonyl (C=O) groups is 1. The van der Waals surface area contributed by atoms with Crippen molar-refractivity contribution in [3.63, 3.8) is 0 Å². The molecule has 3 N–H and O–H groups in total. The number of hydrogen-bond acceptors (Lipinski definition) is 8. The maximum Gasteiger partial charge on any atom is 0.305 e. The second-order valence-corrected chi connectivity index (χ2v) is 13.5. The van der Waals surface area contributed by atoms with Gasteiger partial charge in [-0.3, -0.25) is 4.79 Å². The molecule has 0 fully saturated rings. The number of nitrogens with zero attached hydrogens (tertiary/aromatic N) is 1. The molecule has 0 saturated heterocycles. The number of aliphatic hydroxyl groups excluding tert-OH is 2. The standard InChI is InChI=1S/C30H60NO8P/c1-5-7-8-9-10-11-12-13-14-15-16-17-18-19-20-22-30(35)38-25-27(32)26-39-40(36,37)28(21-6-2)31(3,4)24-23-29(33)34/h16-17,27-29,32-34H,5-15,18-26H2,1-4H3/b17-16-/t27-,28?/m1/s1. The summed E-state index contributed by atoms with van der Waals surface area (Å²) in [6.07, 6.45) is 18.4. The summed E-state index contributed by atoms with van der Waals surface area (Å²) in [6, 6.07) is 0. The highest BCUT2D eigenvalue weighted by atomic mass is 31.2. The Labute approximate surface area is 244 Å². The van der Waals surface area contributed by atoms with Crippen LogP contribution in [0, 0.1) is 0 Å². The fraction of sp³-hybridized carbons (Fsp3) is 0.900. The summed E-state index contributed by atoms with van der Waals surface area (Å²) in [6.45, 7) is 3.51. The summed E-state index contributed by atoms with van der Waals surface area (Å²) in [5.41, 5.74) is 0. The van der Waals surface area contributed by atoms with Crippen LogP contribution in [0.3, 0.4) is 0 Å². The molecule has 0 heterocycles. The zero-order valence-electron chi connectivity index (χ0n) is 25.8. The Kier molecular flexibility index (Phi) is 23.3. The van der Waals surface area contributed by atoms with Crippen molar-refractivity contribution < 1.29 is 43.3 Å². The molecule has 0 aliphatic carbocycles. The molecule has 10 heteroatoms. The molecule has 0 aromatic heterocycles. The van der Waals surface area contributed by atoms with Gasteiger partial charge in [-0.15, -0.1) is 0 Å². The van der Waals surface area contributed by atoms with E-state index in [4.69, 9.17) is 19.5 Å². The number of hydrogen-bond donors (Lipinski definition) is 3. The minimum atomic E-state index is -4.40. The Morgan fingerprint density at radius 1 is 0.825 bits per heavy atom. The average molecular weight is 594 g/mol. The largest absolute Gasteiger partial charge is 0.774 e. The van der Waals surface area contributed by atoms with Crippen molar-refractivity contribution in [3.8, 4) is 0 Å². The molecule has 2 unspecified atom stereocenters. The third kappa shape index (κ3) is 21.0. The van der Waals surface area contributed by atoms with E-state index in [0.717, 1.165) is 19.3 Å². The summed E-state index contributed by atoms with van der Waals surface area (Å²) in [5.74, 6) is -1.32. The van der Waals surface area contributed by atoms with Crippen LogP contribution in [0.15, 0.2) is 12.2 Å². The van der Waals surface area contributed by atoms with Crippen molar-refractivity contribution in [2.24, 2.45) is 0 Å². The maximum atomic E-state index is 12.9. The van der Waals surface area contributed by atoms with E-state index in [1.165, 1.54) is 57.8 Å². The molecule has 0 rings (SSSR count). The van der Waals surface area contributed by atoms with E-state index >= 15 is 0 Å². The smallest absolute Gasteiger partial charge is 0.305 e. The molecule has 0 saturated carbocycles. The molecule has 0 amide bonds. The third-order valence-corrected chi connectivity index (χ3v) is 9.33. The van der Waals surface area contributed by atoms with Gasteiger partial charge in [0.1, 0.15) is 12.7 Å². The Morgan fingerprint density at radius 3 is 1.93 bits per heavy atom. The van der Waals surface area contributed by atoms with E-state index in [1.54, 1.807) is 14.1 Å². The molecule has 0 aliphatic rings. The molecular formula is C30H60NO8P. The summed E-state index contributed by atoms with van der Waals surface area (Å²) in [4.78, 5) is 24.8. The van der Waals surface area contributed by atoms with Gasteiger partial charge in [0, 0.05) is 19.3 Å². The zero-order chi connectivity index (χ0) is 30.3. The quantitative estimate of drug-likeness (QED) is 0.0288. The van der Waals surface area contributed by atoms with Gasteiger partial charge in [0.25, 0.3) is 0 Å². The van der Waals surface area contributed by atoms with E-state index in [9.17, 15) is 19.4 Å². The first kappa shape index (κ1) is 39.2. The molecule has 3 atom stereocenters. The average Bonchev–Trinajstić information content (AvgIpc) is 2.90. The minimum absolute atomic E-state index is 0.00572. The highest BCUT2D eigenvalue weighted by Crippen LogP contribution is 2.48. The van der Waals surface area contributed by atoms with E-state index < -0.39 is 38.3 Å². The Balaban J connectivity index is 4.05. The van der Waals surface area contributed by atoms with Crippen molar-refractivity contribution >= 4 is 13.6 Å². The topological polar surface area (TPSA) is 136 Å². The van der Waals surface area contributed by atoms with Crippen LogP contribution in [0.25, 0.3) is 0 Å². The van der Waals surface area contributed by atoms with Crippen LogP contribution in [0.5, 0.6) is 0 Å². The third-order valence-electron chi connectivity index (χ3n) is 7.21. The summed E-state index contributed by atoms with van der Waals surface area (Å²) in [7, 11) is -1.00. The highest BCUT2D eigenvalue weighted by molar-refractivity contribution is 7.51. The number of carbonyl (C=O) groups excluding carboxylic acids is 1. The van der Waals surface area contributed by atoms with E-state index in [-0.39, 0.29) is 30.5 Å². The van der Waals surface area contributed by atoms with Gasteiger partial charge in [0.15, 0.2) is 19.7 Å². The van der Waals surface area contributed by atoms with Gasteiger partial charge in [-0.1, -0.05) is 77.4 Å². The van der Waals surface area contributed by atoms with Crippen LogP contribution in [-0.4, -0.2) is 77.8 Å². The van der Waals surface area contributed by atoms with Gasteiger partial charge >= 0.3 is 5.97 Å². The van der Waals surface area contributed by atoms with E-state index in [1.807, 2.05) is 6.92 Å². The summed E-state index contributed by atoms with van der Waals surface area (Å²) >= 11 is 0. The monoisotopic (exact) mass is 593 g/mol. The predicted octanol–water partition coefficient (Wildman–Crippen LogP) is 5.40. The molecule has 0 aromatic rings. The molecule has 0 spiro atoms. The normalized spacial score (nSPS) is 15.4. The zero-order valence-corrected chi connectivity index (χ0v) is 26.7. The lowest BCUT2D eigenvalue weighted by atomic mass is 10.1. The molecule has 40 heavy (non-hydrogen) atoms. The summed E-state index contributed by atoms with van der Waals surface area (Å²) < 4.78 is 23.1. The Hall–Kier alpha value is -0.800. The molecule has 0 aromatic carbocycles. The highest BCUT2D eigenvalue weighted by Gasteiger charge is 2.38. The number of esters is 1. The fourth-order valence-corrected chi connectivity index (χ4v) is 6.68. The summed E-state index contributed by atoms with van der Waals surface area (Å²) in [5, 5.41) is 28.4. The van der Waals surface area contributed by atoms with Crippen LogP contribution >= 0.6 is 7.60 Å². The lowest BCUT2D eigenvalue weighted by Crippen LogP contribution is -2.51. The number of ether oxygens (including phenoxy) is 1. The van der Waals surface area contributed by atoms with Crippen molar-refractivity contribution in [3.05, 3.63) is 12.2 Å². The SMILES string of the molecule is CCCCCCCCCCC/C=C\CCCCC(=O)OC[C@@H](O)COP(=O)([O-])C(CCC)[N+](C)(C)CCC(O)O. The van der Waals surface area contributed by atoms with Crippen molar-refractivity contribution in [2.45, 2.75) is 141 Å². The lowest BCUT2D eigenvalue weighted by Gasteiger charge is -2.44. The number of aliphatic hydroxyl groups is 3.